The summed E-state index contributed by atoms with van der Waals surface area (Å²) in [7, 11) is 0. The van der Waals surface area contributed by atoms with E-state index >= 15 is 0 Å². The molecule has 1 aliphatic heterocycles. The van der Waals surface area contributed by atoms with Crippen LogP contribution < -0.4 is 0 Å². The van der Waals surface area contributed by atoms with Crippen LogP contribution in [0.5, 0.6) is 0 Å². The zero-order valence-electron chi connectivity index (χ0n) is 10.6. The van der Waals surface area contributed by atoms with E-state index in [4.69, 9.17) is 0 Å². The Labute approximate surface area is 97.8 Å². The van der Waals surface area contributed by atoms with Gasteiger partial charge >= 0.3 is 0 Å². The van der Waals surface area contributed by atoms with Gasteiger partial charge in [-0.3, -0.25) is 4.79 Å². The standard InChI is InChI=1S/C13H23NO2/c1-12(2)9-11(15)14(13(12,3)16)10-7-5-4-6-8-10/h10,16H,4-9H2,1-3H3. The van der Waals surface area contributed by atoms with Gasteiger partial charge in [0.2, 0.25) is 5.91 Å². The smallest absolute Gasteiger partial charge is 0.225 e. The second-order valence-corrected chi connectivity index (χ2v) is 6.14. The zero-order chi connectivity index (χ0) is 12.0. The fraction of sp³-hybridized carbons (Fsp3) is 0.923. The van der Waals surface area contributed by atoms with Gasteiger partial charge < -0.3 is 10.0 Å². The number of nitrogens with zero attached hydrogens (tertiary/aromatic N) is 1. The fourth-order valence-corrected chi connectivity index (χ4v) is 3.10. The number of hydrogen-bond acceptors (Lipinski definition) is 2. The highest BCUT2D eigenvalue weighted by molar-refractivity contribution is 5.81. The molecule has 1 amide bonds. The molecule has 2 fully saturated rings. The Balaban J connectivity index is 2.22. The first-order valence-electron chi connectivity index (χ1n) is 6.41. The summed E-state index contributed by atoms with van der Waals surface area (Å²) in [6.07, 6.45) is 6.21. The molecule has 1 saturated heterocycles. The second kappa shape index (κ2) is 3.73. The minimum Gasteiger partial charge on any atom is -0.370 e. The van der Waals surface area contributed by atoms with Crippen LogP contribution in [0.2, 0.25) is 0 Å². The predicted molar refractivity (Wildman–Crippen MR) is 62.7 cm³/mol. The Morgan fingerprint density at radius 2 is 1.75 bits per heavy atom. The first kappa shape index (κ1) is 11.9. The van der Waals surface area contributed by atoms with Crippen LogP contribution in [-0.2, 0) is 4.79 Å². The van der Waals surface area contributed by atoms with E-state index in [1.54, 1.807) is 11.8 Å². The molecule has 0 aromatic carbocycles. The summed E-state index contributed by atoms with van der Waals surface area (Å²) in [4.78, 5) is 13.8. The maximum Gasteiger partial charge on any atom is 0.225 e. The summed E-state index contributed by atoms with van der Waals surface area (Å²) in [5, 5.41) is 10.6. The van der Waals surface area contributed by atoms with E-state index in [0.717, 1.165) is 12.8 Å². The molecule has 0 aromatic heterocycles. The molecule has 1 atom stereocenters. The van der Waals surface area contributed by atoms with Gasteiger partial charge in [0, 0.05) is 17.9 Å². The molecule has 1 N–H and O–H groups in total. The van der Waals surface area contributed by atoms with Gasteiger partial charge in [-0.05, 0) is 19.8 Å². The number of rotatable bonds is 1. The lowest BCUT2D eigenvalue weighted by atomic mass is 9.81. The molecular formula is C13H23NO2. The third-order valence-electron chi connectivity index (χ3n) is 4.55. The van der Waals surface area contributed by atoms with Crippen LogP contribution in [-0.4, -0.2) is 27.7 Å². The topological polar surface area (TPSA) is 40.5 Å². The van der Waals surface area contributed by atoms with E-state index in [1.165, 1.54) is 19.3 Å². The third-order valence-corrected chi connectivity index (χ3v) is 4.55. The van der Waals surface area contributed by atoms with Gasteiger partial charge in [0.1, 0.15) is 5.72 Å². The van der Waals surface area contributed by atoms with Crippen LogP contribution in [0, 0.1) is 5.41 Å². The molecule has 1 unspecified atom stereocenters. The van der Waals surface area contributed by atoms with Crippen molar-refractivity contribution in [2.75, 3.05) is 0 Å². The fourth-order valence-electron chi connectivity index (χ4n) is 3.10. The Hall–Kier alpha value is -0.570. The van der Waals surface area contributed by atoms with Crippen molar-refractivity contribution >= 4 is 5.91 Å². The van der Waals surface area contributed by atoms with Crippen LogP contribution in [0.1, 0.15) is 59.3 Å². The molecule has 1 heterocycles. The summed E-state index contributed by atoms with van der Waals surface area (Å²) >= 11 is 0. The first-order chi connectivity index (χ1) is 7.36. The summed E-state index contributed by atoms with van der Waals surface area (Å²) < 4.78 is 0. The quantitative estimate of drug-likeness (QED) is 0.743. The number of amides is 1. The largest absolute Gasteiger partial charge is 0.370 e. The molecule has 2 aliphatic rings. The molecule has 2 rings (SSSR count). The van der Waals surface area contributed by atoms with Gasteiger partial charge in [-0.15, -0.1) is 0 Å². The van der Waals surface area contributed by atoms with Gasteiger partial charge in [-0.1, -0.05) is 33.1 Å². The minimum atomic E-state index is -0.980. The normalized spacial score (nSPS) is 35.8. The van der Waals surface area contributed by atoms with Crippen LogP contribution >= 0.6 is 0 Å². The van der Waals surface area contributed by atoms with Crippen molar-refractivity contribution in [3.63, 3.8) is 0 Å². The monoisotopic (exact) mass is 225 g/mol. The van der Waals surface area contributed by atoms with Crippen molar-refractivity contribution in [2.45, 2.75) is 71.1 Å². The van der Waals surface area contributed by atoms with E-state index in [9.17, 15) is 9.90 Å². The Morgan fingerprint density at radius 1 is 1.19 bits per heavy atom. The number of carbonyl (C=O) groups is 1. The predicted octanol–water partition coefficient (Wildman–Crippen LogP) is 2.29. The molecule has 3 heteroatoms. The molecule has 0 radical (unpaired) electrons. The van der Waals surface area contributed by atoms with Crippen molar-refractivity contribution < 1.29 is 9.90 Å². The summed E-state index contributed by atoms with van der Waals surface area (Å²) in [5.74, 6) is 0.127. The molecule has 0 aromatic rings. The summed E-state index contributed by atoms with van der Waals surface area (Å²) in [6.45, 7) is 5.76. The van der Waals surface area contributed by atoms with Crippen LogP contribution in [0.15, 0.2) is 0 Å². The van der Waals surface area contributed by atoms with Crippen molar-refractivity contribution in [1.29, 1.82) is 0 Å². The van der Waals surface area contributed by atoms with Gasteiger partial charge in [-0.2, -0.15) is 0 Å². The first-order valence-corrected chi connectivity index (χ1v) is 6.41. The minimum absolute atomic E-state index is 0.127. The van der Waals surface area contributed by atoms with Crippen LogP contribution in [0.25, 0.3) is 0 Å². The van der Waals surface area contributed by atoms with Crippen molar-refractivity contribution in [1.82, 2.24) is 4.90 Å². The van der Waals surface area contributed by atoms with Gasteiger partial charge in [0.25, 0.3) is 0 Å². The van der Waals surface area contributed by atoms with Crippen LogP contribution in [0.3, 0.4) is 0 Å². The molecule has 1 aliphatic carbocycles. The zero-order valence-corrected chi connectivity index (χ0v) is 10.6. The maximum atomic E-state index is 12.1. The number of hydrogen-bond donors (Lipinski definition) is 1. The van der Waals surface area contributed by atoms with Gasteiger partial charge in [-0.25, -0.2) is 0 Å². The highest BCUT2D eigenvalue weighted by Crippen LogP contribution is 2.46. The Morgan fingerprint density at radius 3 is 2.19 bits per heavy atom. The van der Waals surface area contributed by atoms with Gasteiger partial charge in [0.05, 0.1) is 0 Å². The lowest BCUT2D eigenvalue weighted by Crippen LogP contribution is -2.54. The van der Waals surface area contributed by atoms with E-state index in [2.05, 4.69) is 0 Å². The van der Waals surface area contributed by atoms with E-state index < -0.39 is 5.72 Å². The molecule has 0 spiro atoms. The van der Waals surface area contributed by atoms with Crippen molar-refractivity contribution in [3.05, 3.63) is 0 Å². The molecule has 0 bridgehead atoms. The third kappa shape index (κ3) is 1.65. The summed E-state index contributed by atoms with van der Waals surface area (Å²) in [6, 6.07) is 0.262. The van der Waals surface area contributed by atoms with Crippen molar-refractivity contribution in [3.8, 4) is 0 Å². The number of aliphatic hydroxyl groups is 1. The number of likely N-dealkylation sites (tertiary alicyclic amines) is 1. The Kier molecular flexibility index (Phi) is 2.77. The Bertz CT molecular complexity index is 290. The summed E-state index contributed by atoms with van der Waals surface area (Å²) in [5.41, 5.74) is -1.31. The highest BCUT2D eigenvalue weighted by atomic mass is 16.3. The second-order valence-electron chi connectivity index (χ2n) is 6.14. The molecule has 92 valence electrons. The highest BCUT2D eigenvalue weighted by Gasteiger charge is 2.55. The average Bonchev–Trinajstić information content (AvgIpc) is 2.33. The average molecular weight is 225 g/mol. The molecule has 16 heavy (non-hydrogen) atoms. The SMILES string of the molecule is CC1(C)CC(=O)N(C2CCCCC2)C1(C)O. The maximum absolute atomic E-state index is 12.1. The number of carbonyl (C=O) groups excluding carboxylic acids is 1. The van der Waals surface area contributed by atoms with E-state index in [-0.39, 0.29) is 17.4 Å². The molecule has 3 nitrogen and oxygen atoms in total. The van der Waals surface area contributed by atoms with Crippen LogP contribution in [0.4, 0.5) is 0 Å². The van der Waals surface area contributed by atoms with Crippen molar-refractivity contribution in [2.24, 2.45) is 5.41 Å². The van der Waals surface area contributed by atoms with Gasteiger partial charge in [0.15, 0.2) is 0 Å². The van der Waals surface area contributed by atoms with E-state index in [0.29, 0.717) is 6.42 Å². The lowest BCUT2D eigenvalue weighted by Gasteiger charge is -2.44. The lowest BCUT2D eigenvalue weighted by molar-refractivity contribution is -0.165. The molecule has 1 saturated carbocycles. The molecular weight excluding hydrogens is 202 g/mol. The van der Waals surface area contributed by atoms with E-state index in [1.807, 2.05) is 13.8 Å².